The Hall–Kier alpha value is -2.82. The van der Waals surface area contributed by atoms with Crippen LogP contribution < -0.4 is 19.7 Å². The fraction of sp³-hybridized carbons (Fsp3) is 0.480. The van der Waals surface area contributed by atoms with Crippen molar-refractivity contribution in [2.24, 2.45) is 0 Å². The fourth-order valence-electron chi connectivity index (χ4n) is 4.23. The van der Waals surface area contributed by atoms with Gasteiger partial charge in [0, 0.05) is 25.3 Å². The van der Waals surface area contributed by atoms with Crippen molar-refractivity contribution in [2.45, 2.75) is 26.1 Å². The first-order valence-electron chi connectivity index (χ1n) is 11.6. The van der Waals surface area contributed by atoms with Crippen LogP contribution in [0.25, 0.3) is 0 Å². The molecule has 0 aliphatic carbocycles. The molecule has 192 valence electrons. The predicted octanol–water partition coefficient (Wildman–Crippen LogP) is 1.91. The third kappa shape index (κ3) is 7.33. The molecule has 0 spiro atoms. The Kier molecular flexibility index (Phi) is 8.98. The number of piperazine rings is 1. The maximum Gasteiger partial charge on any atom is 0.420 e. The van der Waals surface area contributed by atoms with E-state index in [0.717, 1.165) is 40.9 Å². The lowest BCUT2D eigenvalue weighted by Crippen LogP contribution is -3.15. The summed E-state index contributed by atoms with van der Waals surface area (Å²) in [5.41, 5.74) is 1.94. The van der Waals surface area contributed by atoms with Crippen LogP contribution in [0.1, 0.15) is 16.7 Å². The second kappa shape index (κ2) is 11.7. The molecule has 10 heteroatoms. The number of carbonyl (C=O) groups is 1. The van der Waals surface area contributed by atoms with Crippen LogP contribution in [-0.2, 0) is 11.0 Å². The van der Waals surface area contributed by atoms with Gasteiger partial charge in [-0.25, -0.2) is 0 Å². The minimum absolute atomic E-state index is 0.0385. The Labute approximate surface area is 203 Å². The SMILES string of the molecule is COc1cccc(C(F)(F)F)c1OC[C@H](O)CN1CC[NH+](CC(=O)Nc2c(C)cccc2C)CC1. The van der Waals surface area contributed by atoms with Crippen LogP contribution in [0.3, 0.4) is 0 Å². The molecule has 35 heavy (non-hydrogen) atoms. The number of hydrogen-bond acceptors (Lipinski definition) is 5. The smallest absolute Gasteiger partial charge is 0.420 e. The molecule has 7 nitrogen and oxygen atoms in total. The molecule has 0 unspecified atom stereocenters. The van der Waals surface area contributed by atoms with Crippen molar-refractivity contribution in [1.29, 1.82) is 0 Å². The van der Waals surface area contributed by atoms with Crippen molar-refractivity contribution in [3.8, 4) is 11.5 Å². The molecule has 1 amide bonds. The van der Waals surface area contributed by atoms with Crippen LogP contribution in [0.5, 0.6) is 11.5 Å². The second-order valence-electron chi connectivity index (χ2n) is 8.84. The third-order valence-corrected chi connectivity index (χ3v) is 6.11. The van der Waals surface area contributed by atoms with Crippen LogP contribution in [0.4, 0.5) is 18.9 Å². The van der Waals surface area contributed by atoms with E-state index in [2.05, 4.69) is 5.32 Å². The van der Waals surface area contributed by atoms with E-state index in [1.807, 2.05) is 36.9 Å². The number of alkyl halides is 3. The van der Waals surface area contributed by atoms with E-state index in [-0.39, 0.29) is 24.8 Å². The van der Waals surface area contributed by atoms with Crippen molar-refractivity contribution in [2.75, 3.05) is 58.3 Å². The topological polar surface area (TPSA) is 75.5 Å². The highest BCUT2D eigenvalue weighted by Crippen LogP contribution is 2.41. The Balaban J connectivity index is 1.45. The van der Waals surface area contributed by atoms with Crippen LogP contribution >= 0.6 is 0 Å². The van der Waals surface area contributed by atoms with Gasteiger partial charge in [-0.15, -0.1) is 0 Å². The van der Waals surface area contributed by atoms with E-state index < -0.39 is 23.6 Å². The highest BCUT2D eigenvalue weighted by Gasteiger charge is 2.36. The normalized spacial score (nSPS) is 16.1. The quantitative estimate of drug-likeness (QED) is 0.495. The number of aliphatic hydroxyl groups excluding tert-OH is 1. The third-order valence-electron chi connectivity index (χ3n) is 6.11. The average Bonchev–Trinajstić information content (AvgIpc) is 2.80. The summed E-state index contributed by atoms with van der Waals surface area (Å²) in [4.78, 5) is 15.7. The first-order chi connectivity index (χ1) is 16.6. The lowest BCUT2D eigenvalue weighted by atomic mass is 10.1. The number of nitrogens with one attached hydrogen (secondary N) is 2. The molecule has 1 aliphatic heterocycles. The average molecular weight is 497 g/mol. The minimum atomic E-state index is -4.60. The molecule has 0 aromatic heterocycles. The maximum atomic E-state index is 13.3. The summed E-state index contributed by atoms with van der Waals surface area (Å²) in [5.74, 6) is -0.509. The van der Waals surface area contributed by atoms with Crippen molar-refractivity contribution in [3.63, 3.8) is 0 Å². The van der Waals surface area contributed by atoms with Gasteiger partial charge in [0.2, 0.25) is 0 Å². The number of anilines is 1. The number of rotatable bonds is 9. The number of nitrogens with zero attached hydrogens (tertiary/aromatic N) is 1. The first-order valence-corrected chi connectivity index (χ1v) is 11.6. The number of para-hydroxylation sites is 2. The monoisotopic (exact) mass is 496 g/mol. The molecule has 2 aromatic rings. The van der Waals surface area contributed by atoms with Crippen LogP contribution in [-0.4, -0.2) is 75.0 Å². The lowest BCUT2D eigenvalue weighted by molar-refractivity contribution is -0.896. The molecule has 1 fully saturated rings. The Morgan fingerprint density at radius 3 is 2.37 bits per heavy atom. The lowest BCUT2D eigenvalue weighted by Gasteiger charge is -2.33. The Morgan fingerprint density at radius 2 is 1.77 bits per heavy atom. The molecule has 1 saturated heterocycles. The molecular weight excluding hydrogens is 463 g/mol. The highest BCUT2D eigenvalue weighted by atomic mass is 19.4. The van der Waals surface area contributed by atoms with E-state index in [9.17, 15) is 23.1 Å². The van der Waals surface area contributed by atoms with Crippen LogP contribution in [0.2, 0.25) is 0 Å². The van der Waals surface area contributed by atoms with Gasteiger partial charge in [0.1, 0.15) is 18.3 Å². The molecule has 2 aromatic carbocycles. The summed E-state index contributed by atoms with van der Waals surface area (Å²) >= 11 is 0. The second-order valence-corrected chi connectivity index (χ2v) is 8.84. The molecule has 0 saturated carbocycles. The summed E-state index contributed by atoms with van der Waals surface area (Å²) in [7, 11) is 1.27. The fourth-order valence-corrected chi connectivity index (χ4v) is 4.23. The Bertz CT molecular complexity index is 988. The van der Waals surface area contributed by atoms with Crippen molar-refractivity contribution >= 4 is 11.6 Å². The predicted molar refractivity (Wildman–Crippen MR) is 126 cm³/mol. The molecular formula is C25H33F3N3O4+. The molecule has 1 heterocycles. The number of halogens is 3. The summed E-state index contributed by atoms with van der Waals surface area (Å²) in [6, 6.07) is 9.42. The van der Waals surface area contributed by atoms with Gasteiger partial charge in [-0.2, -0.15) is 13.2 Å². The summed E-state index contributed by atoms with van der Waals surface area (Å²) in [6.07, 6.45) is -5.58. The zero-order chi connectivity index (χ0) is 25.6. The minimum Gasteiger partial charge on any atom is -0.493 e. The number of β-amino-alcohol motifs (C(OH)–C–C–N with tert-alkyl or cyclic N) is 1. The number of aliphatic hydroxyl groups is 1. The number of quaternary nitrogens is 1. The zero-order valence-corrected chi connectivity index (χ0v) is 20.2. The number of carbonyl (C=O) groups excluding carboxylic acids is 1. The van der Waals surface area contributed by atoms with Gasteiger partial charge in [0.05, 0.1) is 20.2 Å². The largest absolute Gasteiger partial charge is 0.493 e. The van der Waals surface area contributed by atoms with E-state index in [0.29, 0.717) is 19.6 Å². The van der Waals surface area contributed by atoms with Gasteiger partial charge in [-0.05, 0) is 37.1 Å². The summed E-state index contributed by atoms with van der Waals surface area (Å²) in [6.45, 7) is 6.99. The first kappa shape index (κ1) is 26.8. The van der Waals surface area contributed by atoms with Gasteiger partial charge < -0.3 is 24.8 Å². The highest BCUT2D eigenvalue weighted by molar-refractivity contribution is 5.93. The van der Waals surface area contributed by atoms with E-state index in [1.54, 1.807) is 0 Å². The summed E-state index contributed by atoms with van der Waals surface area (Å²) < 4.78 is 50.3. The number of methoxy groups -OCH3 is 1. The van der Waals surface area contributed by atoms with Crippen LogP contribution in [0, 0.1) is 13.8 Å². The number of aryl methyl sites for hydroxylation is 2. The number of hydrogen-bond donors (Lipinski definition) is 3. The van der Waals surface area contributed by atoms with E-state index >= 15 is 0 Å². The maximum absolute atomic E-state index is 13.3. The van der Waals surface area contributed by atoms with E-state index in [1.165, 1.54) is 19.2 Å². The van der Waals surface area contributed by atoms with Crippen molar-refractivity contribution in [3.05, 3.63) is 53.1 Å². The van der Waals surface area contributed by atoms with Gasteiger partial charge >= 0.3 is 6.18 Å². The van der Waals surface area contributed by atoms with Crippen molar-refractivity contribution in [1.82, 2.24) is 4.90 Å². The van der Waals surface area contributed by atoms with Crippen molar-refractivity contribution < 1.29 is 37.4 Å². The molecule has 3 rings (SSSR count). The summed E-state index contributed by atoms with van der Waals surface area (Å²) in [5, 5.41) is 13.4. The standard InChI is InChI=1S/C25H32F3N3O4/c1-17-6-4-7-18(2)23(17)29-22(33)15-31-12-10-30(11-13-31)14-19(32)16-35-24-20(25(26,27)28)8-5-9-21(24)34-3/h4-9,19,32H,10-16H2,1-3H3,(H,29,33)/p+1/t19-/m1/s1. The van der Waals surface area contributed by atoms with Crippen LogP contribution in [0.15, 0.2) is 36.4 Å². The van der Waals surface area contributed by atoms with E-state index in [4.69, 9.17) is 9.47 Å². The number of benzene rings is 2. The van der Waals surface area contributed by atoms with Gasteiger partial charge in [-0.1, -0.05) is 24.3 Å². The van der Waals surface area contributed by atoms with Gasteiger partial charge in [0.15, 0.2) is 18.0 Å². The van der Waals surface area contributed by atoms with Gasteiger partial charge in [0.25, 0.3) is 5.91 Å². The van der Waals surface area contributed by atoms with Gasteiger partial charge in [-0.3, -0.25) is 9.69 Å². The molecule has 0 radical (unpaired) electrons. The Morgan fingerprint density at radius 1 is 1.14 bits per heavy atom. The molecule has 0 bridgehead atoms. The zero-order valence-electron chi connectivity index (χ0n) is 20.2. The molecule has 1 atom stereocenters. The molecule has 1 aliphatic rings. The molecule has 3 N–H and O–H groups in total. The number of amides is 1. The number of ether oxygens (including phenoxy) is 2.